The van der Waals surface area contributed by atoms with Crippen LogP contribution in [-0.2, 0) is 17.6 Å². The molecule has 0 spiro atoms. The fourth-order valence-corrected chi connectivity index (χ4v) is 2.93. The Morgan fingerprint density at radius 1 is 1.50 bits per heavy atom. The summed E-state index contributed by atoms with van der Waals surface area (Å²) in [7, 11) is 1.66. The second-order valence-corrected chi connectivity index (χ2v) is 5.48. The summed E-state index contributed by atoms with van der Waals surface area (Å²) in [4.78, 5) is 18.5. The molecule has 3 rings (SSSR count). The molecule has 0 aliphatic carbocycles. The molecule has 2 heterocycles. The molecule has 0 bridgehead atoms. The van der Waals surface area contributed by atoms with Crippen LogP contribution < -0.4 is 4.74 Å². The van der Waals surface area contributed by atoms with E-state index >= 15 is 0 Å². The average Bonchev–Trinajstić information content (AvgIpc) is 2.92. The number of rotatable bonds is 3. The van der Waals surface area contributed by atoms with E-state index in [0.29, 0.717) is 18.3 Å². The second-order valence-electron chi connectivity index (χ2n) is 5.48. The van der Waals surface area contributed by atoms with E-state index in [1.165, 1.54) is 11.1 Å². The van der Waals surface area contributed by atoms with Crippen LogP contribution in [-0.4, -0.2) is 34.6 Å². The quantitative estimate of drug-likeness (QED) is 0.868. The lowest BCUT2D eigenvalue weighted by atomic mass is 9.93. The first-order valence-corrected chi connectivity index (χ1v) is 7.34. The predicted molar refractivity (Wildman–Crippen MR) is 79.6 cm³/mol. The van der Waals surface area contributed by atoms with Gasteiger partial charge in [-0.3, -0.25) is 4.79 Å². The maximum Gasteiger partial charge on any atom is 0.230 e. The van der Waals surface area contributed by atoms with Crippen molar-refractivity contribution in [2.75, 3.05) is 13.7 Å². The number of benzene rings is 1. The minimum atomic E-state index is 0.0229. The van der Waals surface area contributed by atoms with Crippen LogP contribution in [0.3, 0.4) is 0 Å². The fourth-order valence-electron chi connectivity index (χ4n) is 2.93. The maximum absolute atomic E-state index is 12.5. The van der Waals surface area contributed by atoms with E-state index in [2.05, 4.69) is 16.2 Å². The molecular formula is C16H19N3O3. The van der Waals surface area contributed by atoms with Gasteiger partial charge in [-0.15, -0.1) is 0 Å². The third-order valence-electron chi connectivity index (χ3n) is 4.09. The van der Waals surface area contributed by atoms with Crippen LogP contribution in [0.5, 0.6) is 5.75 Å². The summed E-state index contributed by atoms with van der Waals surface area (Å²) in [6, 6.07) is 6.06. The van der Waals surface area contributed by atoms with Crippen LogP contribution in [0.25, 0.3) is 0 Å². The van der Waals surface area contributed by atoms with Gasteiger partial charge in [-0.2, -0.15) is 4.98 Å². The van der Waals surface area contributed by atoms with Gasteiger partial charge in [0.05, 0.1) is 19.6 Å². The molecule has 0 fully saturated rings. The molecule has 0 saturated carbocycles. The third kappa shape index (κ3) is 2.68. The smallest absolute Gasteiger partial charge is 0.230 e. The van der Waals surface area contributed by atoms with Crippen LogP contribution >= 0.6 is 0 Å². The van der Waals surface area contributed by atoms with Crippen molar-refractivity contribution >= 4 is 5.91 Å². The predicted octanol–water partition coefficient (Wildman–Crippen LogP) is 2.08. The number of hydrogen-bond acceptors (Lipinski definition) is 5. The molecular weight excluding hydrogens is 282 g/mol. The highest BCUT2D eigenvalue weighted by Crippen LogP contribution is 2.32. The molecule has 1 aromatic heterocycles. The Balaban J connectivity index is 1.77. The Labute approximate surface area is 129 Å². The van der Waals surface area contributed by atoms with Gasteiger partial charge in [-0.1, -0.05) is 11.2 Å². The van der Waals surface area contributed by atoms with Gasteiger partial charge in [0, 0.05) is 13.5 Å². The Kier molecular flexibility index (Phi) is 3.83. The van der Waals surface area contributed by atoms with Gasteiger partial charge in [-0.25, -0.2) is 0 Å². The summed E-state index contributed by atoms with van der Waals surface area (Å²) in [5.41, 5.74) is 2.41. The van der Waals surface area contributed by atoms with Gasteiger partial charge in [0.1, 0.15) is 5.75 Å². The number of aromatic nitrogens is 2. The van der Waals surface area contributed by atoms with E-state index in [4.69, 9.17) is 9.26 Å². The molecule has 1 aliphatic heterocycles. The minimum absolute atomic E-state index is 0.0229. The highest BCUT2D eigenvalue weighted by molar-refractivity contribution is 5.78. The Morgan fingerprint density at radius 3 is 3.00 bits per heavy atom. The van der Waals surface area contributed by atoms with Crippen molar-refractivity contribution in [3.05, 3.63) is 41.0 Å². The highest BCUT2D eigenvalue weighted by atomic mass is 16.5. The number of carbonyl (C=O) groups is 1. The van der Waals surface area contributed by atoms with Gasteiger partial charge in [-0.05, 0) is 36.6 Å². The summed E-state index contributed by atoms with van der Waals surface area (Å²) in [6.07, 6.45) is 1.00. The highest BCUT2D eigenvalue weighted by Gasteiger charge is 2.28. The summed E-state index contributed by atoms with van der Waals surface area (Å²) >= 11 is 0. The van der Waals surface area contributed by atoms with Crippen molar-refractivity contribution in [1.82, 2.24) is 15.0 Å². The minimum Gasteiger partial charge on any atom is -0.497 e. The molecule has 1 amide bonds. The number of aryl methyl sites for hydroxylation is 1. The van der Waals surface area contributed by atoms with Gasteiger partial charge >= 0.3 is 0 Å². The zero-order valence-corrected chi connectivity index (χ0v) is 13.0. The number of nitrogens with zero attached hydrogens (tertiary/aromatic N) is 3. The Hall–Kier alpha value is -2.37. The summed E-state index contributed by atoms with van der Waals surface area (Å²) in [5.74, 6) is 1.80. The second kappa shape index (κ2) is 5.79. The Morgan fingerprint density at radius 2 is 2.32 bits per heavy atom. The van der Waals surface area contributed by atoms with Crippen LogP contribution in [0.15, 0.2) is 22.7 Å². The first-order valence-electron chi connectivity index (χ1n) is 7.34. The largest absolute Gasteiger partial charge is 0.497 e. The Bertz CT molecular complexity index is 696. The van der Waals surface area contributed by atoms with E-state index < -0.39 is 0 Å². The lowest BCUT2D eigenvalue weighted by Gasteiger charge is -2.35. The third-order valence-corrected chi connectivity index (χ3v) is 4.09. The number of carbonyl (C=O) groups excluding carboxylic acids is 1. The van der Waals surface area contributed by atoms with E-state index in [-0.39, 0.29) is 18.4 Å². The molecule has 1 unspecified atom stereocenters. The molecule has 2 aromatic rings. The van der Waals surface area contributed by atoms with Crippen LogP contribution in [0.1, 0.15) is 35.8 Å². The molecule has 22 heavy (non-hydrogen) atoms. The van der Waals surface area contributed by atoms with Gasteiger partial charge < -0.3 is 14.2 Å². The maximum atomic E-state index is 12.5. The fraction of sp³-hybridized carbons (Fsp3) is 0.438. The molecule has 0 radical (unpaired) electrons. The molecule has 0 N–H and O–H groups in total. The summed E-state index contributed by atoms with van der Waals surface area (Å²) in [6.45, 7) is 4.45. The zero-order chi connectivity index (χ0) is 15.7. The van der Waals surface area contributed by atoms with Crippen LogP contribution in [0.4, 0.5) is 0 Å². The average molecular weight is 301 g/mol. The van der Waals surface area contributed by atoms with Gasteiger partial charge in [0.25, 0.3) is 0 Å². The molecule has 0 saturated heterocycles. The van der Waals surface area contributed by atoms with E-state index in [9.17, 15) is 4.79 Å². The number of fused-ring (bicyclic) bond motifs is 1. The normalized spacial score (nSPS) is 17.2. The molecule has 1 aromatic carbocycles. The van der Waals surface area contributed by atoms with Crippen molar-refractivity contribution in [3.8, 4) is 5.75 Å². The first-order chi connectivity index (χ1) is 10.6. The zero-order valence-electron chi connectivity index (χ0n) is 13.0. The molecule has 6 nitrogen and oxygen atoms in total. The van der Waals surface area contributed by atoms with Gasteiger partial charge in [0.2, 0.25) is 11.8 Å². The van der Waals surface area contributed by atoms with Crippen molar-refractivity contribution in [2.45, 2.75) is 32.7 Å². The number of amides is 1. The van der Waals surface area contributed by atoms with Crippen molar-refractivity contribution in [3.63, 3.8) is 0 Å². The lowest BCUT2D eigenvalue weighted by molar-refractivity contribution is -0.133. The summed E-state index contributed by atoms with van der Waals surface area (Å²) in [5, 5.41) is 3.79. The van der Waals surface area contributed by atoms with E-state index in [1.54, 1.807) is 14.0 Å². The van der Waals surface area contributed by atoms with Crippen LogP contribution in [0.2, 0.25) is 0 Å². The lowest BCUT2D eigenvalue weighted by Crippen LogP contribution is -2.39. The molecule has 1 aliphatic rings. The number of methoxy groups -OCH3 is 1. The SMILES string of the molecule is COc1ccc2c(c1)CCN(C(=O)Cc1noc(C)n1)C2C. The van der Waals surface area contributed by atoms with Crippen LogP contribution in [0, 0.1) is 6.92 Å². The number of ether oxygens (including phenoxy) is 1. The van der Waals surface area contributed by atoms with Crippen molar-refractivity contribution < 1.29 is 14.1 Å². The monoisotopic (exact) mass is 301 g/mol. The summed E-state index contributed by atoms with van der Waals surface area (Å²) < 4.78 is 10.2. The molecule has 1 atom stereocenters. The van der Waals surface area contributed by atoms with Gasteiger partial charge in [0.15, 0.2) is 5.82 Å². The first kappa shape index (κ1) is 14.6. The molecule has 6 heteroatoms. The number of hydrogen-bond donors (Lipinski definition) is 0. The standard InChI is InChI=1S/C16H19N3O3/c1-10-14-5-4-13(21-3)8-12(14)6-7-19(10)16(20)9-15-17-11(2)22-18-15/h4-5,8,10H,6-7,9H2,1-3H3. The van der Waals surface area contributed by atoms with E-state index in [0.717, 1.165) is 12.2 Å². The van der Waals surface area contributed by atoms with Crippen molar-refractivity contribution in [2.24, 2.45) is 0 Å². The van der Waals surface area contributed by atoms with E-state index in [1.807, 2.05) is 24.0 Å². The van der Waals surface area contributed by atoms with Crippen molar-refractivity contribution in [1.29, 1.82) is 0 Å². The topological polar surface area (TPSA) is 68.5 Å². The molecule has 116 valence electrons.